The highest BCUT2D eigenvalue weighted by Gasteiger charge is 2.10. The fraction of sp³-hybridized carbons (Fsp3) is 0.417. The van der Waals surface area contributed by atoms with Crippen molar-refractivity contribution in [3.05, 3.63) is 29.3 Å². The number of likely N-dealkylation sites (N-methyl/N-ethyl adjacent to an activating group) is 1. The fourth-order valence-electron chi connectivity index (χ4n) is 1.48. The average molecular weight is 258 g/mol. The molecule has 0 heterocycles. The topological polar surface area (TPSA) is 50.4 Å². The van der Waals surface area contributed by atoms with Gasteiger partial charge in [0.2, 0.25) is 5.91 Å². The van der Waals surface area contributed by atoms with Crippen LogP contribution in [0.1, 0.15) is 5.56 Å². The van der Waals surface area contributed by atoms with E-state index in [1.54, 1.807) is 7.05 Å². The molecular formula is C12H16F2N2O2. The van der Waals surface area contributed by atoms with Gasteiger partial charge in [-0.05, 0) is 25.1 Å². The van der Waals surface area contributed by atoms with Crippen molar-refractivity contribution in [1.82, 2.24) is 10.6 Å². The summed E-state index contributed by atoms with van der Waals surface area (Å²) in [5, 5.41) is 5.27. The van der Waals surface area contributed by atoms with Crippen LogP contribution in [0, 0.1) is 11.6 Å². The summed E-state index contributed by atoms with van der Waals surface area (Å²) in [7, 11) is 2.92. The summed E-state index contributed by atoms with van der Waals surface area (Å²) >= 11 is 0. The lowest BCUT2D eigenvalue weighted by molar-refractivity contribution is -0.120. The number of hydrogen-bond donors (Lipinski definition) is 2. The van der Waals surface area contributed by atoms with Crippen LogP contribution in [0.15, 0.2) is 12.1 Å². The van der Waals surface area contributed by atoms with E-state index in [9.17, 15) is 13.6 Å². The Balaban J connectivity index is 2.57. The van der Waals surface area contributed by atoms with E-state index in [-0.39, 0.29) is 36.7 Å². The van der Waals surface area contributed by atoms with Gasteiger partial charge in [-0.15, -0.1) is 0 Å². The van der Waals surface area contributed by atoms with E-state index in [1.165, 1.54) is 7.11 Å². The molecule has 6 heteroatoms. The molecule has 18 heavy (non-hydrogen) atoms. The Kier molecular flexibility index (Phi) is 5.51. The fourth-order valence-corrected chi connectivity index (χ4v) is 1.48. The van der Waals surface area contributed by atoms with E-state index in [4.69, 9.17) is 0 Å². The predicted molar refractivity (Wildman–Crippen MR) is 63.6 cm³/mol. The Bertz CT molecular complexity index is 425. The molecule has 0 unspecified atom stereocenters. The van der Waals surface area contributed by atoms with Crippen molar-refractivity contribution in [2.75, 3.05) is 27.2 Å². The molecule has 0 spiro atoms. The van der Waals surface area contributed by atoms with Crippen molar-refractivity contribution >= 4 is 5.91 Å². The van der Waals surface area contributed by atoms with E-state index in [0.717, 1.165) is 12.1 Å². The molecule has 0 bridgehead atoms. The van der Waals surface area contributed by atoms with Crippen molar-refractivity contribution in [2.24, 2.45) is 0 Å². The van der Waals surface area contributed by atoms with Crippen LogP contribution in [-0.4, -0.2) is 33.2 Å². The molecule has 1 aromatic rings. The largest absolute Gasteiger partial charge is 0.494 e. The molecular weight excluding hydrogens is 242 g/mol. The molecule has 0 aliphatic rings. The number of benzene rings is 1. The van der Waals surface area contributed by atoms with Gasteiger partial charge in [-0.1, -0.05) is 0 Å². The van der Waals surface area contributed by atoms with Gasteiger partial charge >= 0.3 is 0 Å². The van der Waals surface area contributed by atoms with Gasteiger partial charge in [0.25, 0.3) is 0 Å². The second-order valence-corrected chi connectivity index (χ2v) is 3.71. The van der Waals surface area contributed by atoms with Crippen LogP contribution < -0.4 is 15.4 Å². The van der Waals surface area contributed by atoms with Crippen LogP contribution in [-0.2, 0) is 11.2 Å². The monoisotopic (exact) mass is 258 g/mol. The first-order valence-corrected chi connectivity index (χ1v) is 5.51. The molecule has 1 aromatic carbocycles. The number of rotatable bonds is 6. The van der Waals surface area contributed by atoms with Crippen LogP contribution in [0.3, 0.4) is 0 Å². The molecule has 4 nitrogen and oxygen atoms in total. The van der Waals surface area contributed by atoms with Crippen molar-refractivity contribution in [2.45, 2.75) is 6.42 Å². The number of carbonyl (C=O) groups is 1. The molecule has 0 aliphatic heterocycles. The highest BCUT2D eigenvalue weighted by molar-refractivity contribution is 5.77. The lowest BCUT2D eigenvalue weighted by Gasteiger charge is -2.08. The molecule has 0 saturated carbocycles. The molecule has 0 aliphatic carbocycles. The zero-order valence-corrected chi connectivity index (χ0v) is 10.3. The van der Waals surface area contributed by atoms with Gasteiger partial charge in [0, 0.05) is 12.6 Å². The highest BCUT2D eigenvalue weighted by Crippen LogP contribution is 2.21. The van der Waals surface area contributed by atoms with Crippen LogP contribution in [0.25, 0.3) is 0 Å². The third-order valence-electron chi connectivity index (χ3n) is 2.37. The average Bonchev–Trinajstić information content (AvgIpc) is 2.33. The molecule has 0 fully saturated rings. The molecule has 1 amide bonds. The Hall–Kier alpha value is -1.69. The molecule has 0 atom stereocenters. The Morgan fingerprint density at radius 3 is 2.67 bits per heavy atom. The standard InChI is InChI=1S/C12H16F2N2O2/c1-15-7-12(17)16-4-3-8-5-10(14)11(18-2)6-9(8)13/h5-6,15H,3-4,7H2,1-2H3,(H,16,17). The number of amides is 1. The van der Waals surface area contributed by atoms with Gasteiger partial charge in [-0.2, -0.15) is 0 Å². The maximum atomic E-state index is 13.5. The molecule has 100 valence electrons. The number of nitrogens with one attached hydrogen (secondary N) is 2. The van der Waals surface area contributed by atoms with E-state index in [0.29, 0.717) is 0 Å². The Labute approximate surface area is 104 Å². The number of hydrogen-bond acceptors (Lipinski definition) is 3. The third kappa shape index (κ3) is 3.96. The zero-order valence-electron chi connectivity index (χ0n) is 10.3. The van der Waals surface area contributed by atoms with Crippen molar-refractivity contribution in [1.29, 1.82) is 0 Å². The molecule has 0 saturated heterocycles. The third-order valence-corrected chi connectivity index (χ3v) is 2.37. The van der Waals surface area contributed by atoms with E-state index < -0.39 is 11.6 Å². The number of methoxy groups -OCH3 is 1. The number of carbonyl (C=O) groups excluding carboxylic acids is 1. The summed E-state index contributed by atoms with van der Waals surface area (Å²) in [5.41, 5.74) is 0.207. The lowest BCUT2D eigenvalue weighted by atomic mass is 10.1. The normalized spacial score (nSPS) is 10.2. The maximum absolute atomic E-state index is 13.5. The minimum atomic E-state index is -0.615. The molecule has 2 N–H and O–H groups in total. The first kappa shape index (κ1) is 14.4. The summed E-state index contributed by atoms with van der Waals surface area (Å²) < 4.78 is 31.5. The number of halogens is 2. The maximum Gasteiger partial charge on any atom is 0.233 e. The second kappa shape index (κ2) is 6.90. The van der Waals surface area contributed by atoms with Gasteiger partial charge in [0.05, 0.1) is 13.7 Å². The second-order valence-electron chi connectivity index (χ2n) is 3.71. The highest BCUT2D eigenvalue weighted by atomic mass is 19.1. The van der Waals surface area contributed by atoms with Gasteiger partial charge in [0.1, 0.15) is 5.82 Å². The first-order chi connectivity index (χ1) is 8.58. The van der Waals surface area contributed by atoms with Gasteiger partial charge in [-0.3, -0.25) is 4.79 Å². The quantitative estimate of drug-likeness (QED) is 0.795. The van der Waals surface area contributed by atoms with Crippen LogP contribution in [0.2, 0.25) is 0 Å². The summed E-state index contributed by atoms with van der Waals surface area (Å²) in [5.74, 6) is -1.48. The van der Waals surface area contributed by atoms with Crippen molar-refractivity contribution in [3.8, 4) is 5.75 Å². The molecule has 0 radical (unpaired) electrons. The smallest absolute Gasteiger partial charge is 0.233 e. The summed E-state index contributed by atoms with van der Waals surface area (Å²) in [6, 6.07) is 2.08. The van der Waals surface area contributed by atoms with Crippen molar-refractivity contribution < 1.29 is 18.3 Å². The van der Waals surface area contributed by atoms with Gasteiger partial charge in [0.15, 0.2) is 11.6 Å². The Morgan fingerprint density at radius 1 is 1.33 bits per heavy atom. The van der Waals surface area contributed by atoms with Gasteiger partial charge < -0.3 is 15.4 Å². The van der Waals surface area contributed by atoms with Gasteiger partial charge in [-0.25, -0.2) is 8.78 Å². The summed E-state index contributed by atoms with van der Waals surface area (Å²) in [6.45, 7) is 0.447. The minimum Gasteiger partial charge on any atom is -0.494 e. The van der Waals surface area contributed by atoms with Crippen LogP contribution in [0.5, 0.6) is 5.75 Å². The SMILES string of the molecule is CNCC(=O)NCCc1cc(F)c(OC)cc1F. The van der Waals surface area contributed by atoms with E-state index in [1.807, 2.05) is 0 Å². The Morgan fingerprint density at radius 2 is 2.06 bits per heavy atom. The molecule has 0 aromatic heterocycles. The molecule has 1 rings (SSSR count). The number of ether oxygens (including phenoxy) is 1. The summed E-state index contributed by atoms with van der Waals surface area (Å²) in [4.78, 5) is 11.1. The lowest BCUT2D eigenvalue weighted by Crippen LogP contribution is -2.33. The van der Waals surface area contributed by atoms with E-state index >= 15 is 0 Å². The minimum absolute atomic E-state index is 0.129. The van der Waals surface area contributed by atoms with Crippen molar-refractivity contribution in [3.63, 3.8) is 0 Å². The van der Waals surface area contributed by atoms with E-state index in [2.05, 4.69) is 15.4 Å². The summed E-state index contributed by atoms with van der Waals surface area (Å²) in [6.07, 6.45) is 0.224. The predicted octanol–water partition coefficient (Wildman–Crippen LogP) is 0.851. The van der Waals surface area contributed by atoms with Crippen LogP contribution in [0.4, 0.5) is 8.78 Å². The first-order valence-electron chi connectivity index (χ1n) is 5.51. The van der Waals surface area contributed by atoms with Crippen LogP contribution >= 0.6 is 0 Å². The zero-order chi connectivity index (χ0) is 13.5.